The average molecular weight is 550 g/mol. The highest BCUT2D eigenvalue weighted by Gasteiger charge is 2.70. The van der Waals surface area contributed by atoms with Crippen LogP contribution in [0.15, 0.2) is 12.7 Å². The third kappa shape index (κ3) is 7.07. The van der Waals surface area contributed by atoms with Crippen LogP contribution in [0.3, 0.4) is 0 Å². The third-order valence-electron chi connectivity index (χ3n) is 8.03. The van der Waals surface area contributed by atoms with Crippen molar-refractivity contribution in [2.75, 3.05) is 13.1 Å². The number of carbonyl (C=O) groups is 5. The quantitative estimate of drug-likeness (QED) is 0.151. The van der Waals surface area contributed by atoms with Crippen LogP contribution >= 0.6 is 0 Å². The number of carbonyl (C=O) groups excluding carboxylic acids is 5. The molecular weight excluding hydrogens is 506 g/mol. The lowest BCUT2D eigenvalue weighted by molar-refractivity contribution is -0.142. The second kappa shape index (κ2) is 11.5. The number of nitrogens with zero attached hydrogens (tertiary/aromatic N) is 1. The van der Waals surface area contributed by atoms with Crippen LogP contribution in [0.1, 0.15) is 53.4 Å². The highest BCUT2D eigenvalue weighted by Crippen LogP contribution is 2.56. The van der Waals surface area contributed by atoms with Gasteiger partial charge < -0.3 is 42.7 Å². The largest absolute Gasteiger partial charge is 0.381 e. The minimum absolute atomic E-state index is 0.157. The number of piperidine rings is 1. The number of primary amides is 1. The molecular formula is C26H43N7O6. The Morgan fingerprint density at radius 1 is 1.18 bits per heavy atom. The van der Waals surface area contributed by atoms with Gasteiger partial charge in [-0.2, -0.15) is 0 Å². The Kier molecular flexibility index (Phi) is 8.95. The minimum atomic E-state index is -1.58. The van der Waals surface area contributed by atoms with Crippen LogP contribution < -0.4 is 32.7 Å². The van der Waals surface area contributed by atoms with Gasteiger partial charge in [0.25, 0.3) is 0 Å². The number of fused-ring (bicyclic) bond motifs is 1. The summed E-state index contributed by atoms with van der Waals surface area (Å²) in [4.78, 5) is 65.0. The van der Waals surface area contributed by atoms with E-state index in [-0.39, 0.29) is 30.8 Å². The normalized spacial score (nSPS) is 28.2. The Labute approximate surface area is 228 Å². The molecule has 1 saturated heterocycles. The van der Waals surface area contributed by atoms with Gasteiger partial charge in [-0.1, -0.05) is 25.8 Å². The van der Waals surface area contributed by atoms with E-state index in [0.29, 0.717) is 6.42 Å². The number of rotatable bonds is 11. The maximum absolute atomic E-state index is 13.8. The summed E-state index contributed by atoms with van der Waals surface area (Å²) in [6.07, 6.45) is 2.75. The number of nitrogens with one attached hydrogen (secondary N) is 4. The second-order valence-corrected chi connectivity index (χ2v) is 12.3. The standard InChI is InChI=1S/C26H43N7O6/c1-6-17(34)29-11-16(31-24(39)32-25(2,3)4)23(38)33-12-14-18(26(14,5)28)19(33)22(37)30-15(20(35)21(27)36)10-13-8-7-9-13/h6,13-16,18-20,35H,1,7-12,28H2,2-5H3,(H2,27,36)(H,29,34)(H,30,37)(H2,31,32,39)/t14-,15?,16-,18?,19-,20?,26+/m0/s1. The number of aliphatic hydroxyl groups excluding tert-OH is 1. The molecule has 6 amide bonds. The van der Waals surface area contributed by atoms with Gasteiger partial charge >= 0.3 is 6.03 Å². The molecule has 0 aromatic heterocycles. The lowest BCUT2D eigenvalue weighted by Gasteiger charge is -2.36. The van der Waals surface area contributed by atoms with Gasteiger partial charge in [0, 0.05) is 36.0 Å². The van der Waals surface area contributed by atoms with E-state index in [4.69, 9.17) is 11.5 Å². The van der Waals surface area contributed by atoms with Gasteiger partial charge in [-0.05, 0) is 46.1 Å². The van der Waals surface area contributed by atoms with E-state index < -0.39 is 65.0 Å². The molecule has 1 heterocycles. The fraction of sp³-hybridized carbons (Fsp3) is 0.731. The highest BCUT2D eigenvalue weighted by molar-refractivity contribution is 5.95. The summed E-state index contributed by atoms with van der Waals surface area (Å²) < 4.78 is 0. The Hall–Kier alpha value is -3.19. The fourth-order valence-electron chi connectivity index (χ4n) is 5.61. The monoisotopic (exact) mass is 549 g/mol. The van der Waals surface area contributed by atoms with E-state index in [9.17, 15) is 29.1 Å². The molecule has 9 N–H and O–H groups in total. The van der Waals surface area contributed by atoms with E-state index in [1.807, 2.05) is 6.92 Å². The molecule has 2 aliphatic carbocycles. The van der Waals surface area contributed by atoms with Crippen LogP contribution in [0.5, 0.6) is 0 Å². The minimum Gasteiger partial charge on any atom is -0.381 e. The van der Waals surface area contributed by atoms with Crippen LogP contribution in [0.25, 0.3) is 0 Å². The zero-order chi connectivity index (χ0) is 29.3. The molecule has 0 bridgehead atoms. The van der Waals surface area contributed by atoms with E-state index in [2.05, 4.69) is 27.8 Å². The van der Waals surface area contributed by atoms with E-state index in [1.54, 1.807) is 20.8 Å². The number of nitrogens with two attached hydrogens (primary N) is 2. The molecule has 0 aromatic rings. The van der Waals surface area contributed by atoms with Crippen molar-refractivity contribution in [2.45, 2.75) is 88.7 Å². The summed E-state index contributed by atoms with van der Waals surface area (Å²) in [6.45, 7) is 10.5. The predicted octanol–water partition coefficient (Wildman–Crippen LogP) is -1.55. The van der Waals surface area contributed by atoms with Crippen molar-refractivity contribution in [3.63, 3.8) is 0 Å². The summed E-state index contributed by atoms with van der Waals surface area (Å²) in [7, 11) is 0. The molecule has 3 rings (SSSR count). The van der Waals surface area contributed by atoms with Crippen LogP contribution in [0, 0.1) is 17.8 Å². The van der Waals surface area contributed by atoms with E-state index in [0.717, 1.165) is 25.3 Å². The predicted molar refractivity (Wildman–Crippen MR) is 143 cm³/mol. The van der Waals surface area contributed by atoms with Crippen LogP contribution in [-0.4, -0.2) is 88.1 Å². The first-order valence-corrected chi connectivity index (χ1v) is 13.4. The van der Waals surface area contributed by atoms with Crippen LogP contribution in [0.2, 0.25) is 0 Å². The van der Waals surface area contributed by atoms with Crippen molar-refractivity contribution in [1.29, 1.82) is 0 Å². The van der Waals surface area contributed by atoms with Crippen LogP contribution in [-0.2, 0) is 19.2 Å². The summed E-state index contributed by atoms with van der Waals surface area (Å²) >= 11 is 0. The highest BCUT2D eigenvalue weighted by atomic mass is 16.3. The molecule has 2 saturated carbocycles. The first kappa shape index (κ1) is 30.4. The summed E-state index contributed by atoms with van der Waals surface area (Å²) in [6, 6.07) is -3.70. The van der Waals surface area contributed by atoms with Crippen molar-refractivity contribution in [2.24, 2.45) is 29.2 Å². The molecule has 218 valence electrons. The smallest absolute Gasteiger partial charge is 0.315 e. The van der Waals surface area contributed by atoms with Gasteiger partial charge in [0.15, 0.2) is 6.10 Å². The zero-order valence-electron chi connectivity index (χ0n) is 23.2. The van der Waals surface area contributed by atoms with Crippen molar-refractivity contribution in [1.82, 2.24) is 26.2 Å². The number of hydrogen-bond donors (Lipinski definition) is 7. The molecule has 7 atom stereocenters. The summed E-state index contributed by atoms with van der Waals surface area (Å²) in [5.74, 6) is -2.86. The SMILES string of the molecule is C=CC(=O)NC[C@H](NC(=O)NC(C)(C)C)C(=O)N1C[C@H]2C([C@H]1C(=O)NC(CC1CCC1)C(O)C(N)=O)[C@]2(C)N. The molecule has 39 heavy (non-hydrogen) atoms. The molecule has 0 aromatic carbocycles. The van der Waals surface area contributed by atoms with E-state index >= 15 is 0 Å². The Bertz CT molecular complexity index is 1010. The zero-order valence-corrected chi connectivity index (χ0v) is 23.2. The number of urea groups is 1. The summed E-state index contributed by atoms with van der Waals surface area (Å²) in [5.41, 5.74) is 10.5. The average Bonchev–Trinajstić information content (AvgIpc) is 3.14. The topological polar surface area (TPSA) is 209 Å². The van der Waals surface area contributed by atoms with Gasteiger partial charge in [0.05, 0.1) is 6.04 Å². The van der Waals surface area contributed by atoms with Gasteiger partial charge in [-0.15, -0.1) is 0 Å². The van der Waals surface area contributed by atoms with Gasteiger partial charge in [0.1, 0.15) is 12.1 Å². The molecule has 3 unspecified atom stereocenters. The van der Waals surface area contributed by atoms with Crippen LogP contribution in [0.4, 0.5) is 4.79 Å². The van der Waals surface area contributed by atoms with Crippen molar-refractivity contribution < 1.29 is 29.1 Å². The lowest BCUT2D eigenvalue weighted by Crippen LogP contribution is -2.62. The van der Waals surface area contributed by atoms with Crippen molar-refractivity contribution in [3.8, 4) is 0 Å². The molecule has 3 fully saturated rings. The molecule has 0 radical (unpaired) electrons. The van der Waals surface area contributed by atoms with Crippen molar-refractivity contribution in [3.05, 3.63) is 12.7 Å². The lowest BCUT2D eigenvalue weighted by atomic mass is 9.79. The summed E-state index contributed by atoms with van der Waals surface area (Å²) in [5, 5.41) is 21.0. The molecule has 3 aliphatic rings. The fourth-order valence-corrected chi connectivity index (χ4v) is 5.61. The number of amides is 6. The molecule has 13 nitrogen and oxygen atoms in total. The Morgan fingerprint density at radius 3 is 2.33 bits per heavy atom. The number of hydrogen-bond acceptors (Lipinski definition) is 7. The maximum Gasteiger partial charge on any atom is 0.315 e. The van der Waals surface area contributed by atoms with Gasteiger partial charge in [-0.25, -0.2) is 4.79 Å². The number of aliphatic hydroxyl groups is 1. The van der Waals surface area contributed by atoms with E-state index in [1.165, 1.54) is 4.90 Å². The molecule has 1 aliphatic heterocycles. The third-order valence-corrected chi connectivity index (χ3v) is 8.03. The molecule has 13 heteroatoms. The first-order chi connectivity index (χ1) is 18.1. The maximum atomic E-state index is 13.8. The molecule has 0 spiro atoms. The second-order valence-electron chi connectivity index (χ2n) is 12.3. The number of likely N-dealkylation sites (tertiary alicyclic amines) is 1. The van der Waals surface area contributed by atoms with Gasteiger partial charge in [0.2, 0.25) is 23.6 Å². The van der Waals surface area contributed by atoms with Crippen molar-refractivity contribution >= 4 is 29.7 Å². The Balaban J connectivity index is 1.82. The Morgan fingerprint density at radius 2 is 1.82 bits per heavy atom. The first-order valence-electron chi connectivity index (χ1n) is 13.4. The van der Waals surface area contributed by atoms with Gasteiger partial charge in [-0.3, -0.25) is 19.2 Å².